The number of thiazole rings is 1. The fraction of sp³-hybridized carbons (Fsp3) is 0.238. The van der Waals surface area contributed by atoms with Crippen LogP contribution >= 0.6 is 11.3 Å². The maximum atomic E-state index is 12.7. The molecule has 0 radical (unpaired) electrons. The number of amides is 1. The quantitative estimate of drug-likeness (QED) is 0.650. The van der Waals surface area contributed by atoms with Crippen LogP contribution in [0.2, 0.25) is 0 Å². The zero-order valence-corrected chi connectivity index (χ0v) is 17.1. The Hall–Kier alpha value is -3.06. The molecule has 0 aliphatic rings. The summed E-state index contributed by atoms with van der Waals surface area (Å²) in [6.07, 6.45) is 0. The zero-order chi connectivity index (χ0) is 20.1. The van der Waals surface area contributed by atoms with E-state index in [1.54, 1.807) is 21.3 Å². The number of carbonyl (C=O) groups is 1. The van der Waals surface area contributed by atoms with Gasteiger partial charge in [-0.3, -0.25) is 4.79 Å². The Morgan fingerprint density at radius 1 is 1.04 bits per heavy atom. The summed E-state index contributed by atoms with van der Waals surface area (Å²) in [7, 11) is 4.68. The van der Waals surface area contributed by atoms with Crippen LogP contribution in [0.15, 0.2) is 42.5 Å². The highest BCUT2D eigenvalue weighted by Crippen LogP contribution is 2.38. The van der Waals surface area contributed by atoms with Crippen LogP contribution in [0.1, 0.15) is 20.9 Å². The lowest BCUT2D eigenvalue weighted by Gasteiger charge is -2.14. The Bertz CT molecular complexity index is 945. The molecule has 0 saturated carbocycles. The summed E-state index contributed by atoms with van der Waals surface area (Å²) in [5, 5.41) is 3.77. The van der Waals surface area contributed by atoms with Gasteiger partial charge < -0.3 is 19.5 Å². The lowest BCUT2D eigenvalue weighted by atomic mass is 10.1. The van der Waals surface area contributed by atoms with E-state index in [4.69, 9.17) is 14.2 Å². The molecule has 3 aromatic rings. The number of ether oxygens (including phenoxy) is 3. The van der Waals surface area contributed by atoms with Gasteiger partial charge in [-0.25, -0.2) is 4.98 Å². The van der Waals surface area contributed by atoms with Crippen LogP contribution < -0.4 is 19.5 Å². The maximum Gasteiger partial charge on any atom is 0.263 e. The third kappa shape index (κ3) is 4.09. The zero-order valence-electron chi connectivity index (χ0n) is 16.2. The Balaban J connectivity index is 1.77. The maximum absolute atomic E-state index is 12.7. The van der Waals surface area contributed by atoms with Gasteiger partial charge >= 0.3 is 0 Å². The van der Waals surface area contributed by atoms with Crippen molar-refractivity contribution in [2.45, 2.75) is 13.5 Å². The van der Waals surface area contributed by atoms with Crippen molar-refractivity contribution in [3.8, 4) is 27.8 Å². The van der Waals surface area contributed by atoms with Gasteiger partial charge in [-0.15, -0.1) is 11.3 Å². The second-order valence-corrected chi connectivity index (χ2v) is 7.01. The highest BCUT2D eigenvalue weighted by Gasteiger charge is 2.17. The highest BCUT2D eigenvalue weighted by atomic mass is 32.1. The number of nitrogens with one attached hydrogen (secondary N) is 1. The van der Waals surface area contributed by atoms with Crippen molar-refractivity contribution >= 4 is 17.2 Å². The molecule has 0 aliphatic heterocycles. The van der Waals surface area contributed by atoms with Crippen molar-refractivity contribution < 1.29 is 19.0 Å². The van der Waals surface area contributed by atoms with Crippen LogP contribution in [0.4, 0.5) is 0 Å². The van der Waals surface area contributed by atoms with Crippen molar-refractivity contribution in [1.82, 2.24) is 10.3 Å². The number of nitrogens with zero attached hydrogens (tertiary/aromatic N) is 1. The van der Waals surface area contributed by atoms with Gasteiger partial charge in [0.15, 0.2) is 11.5 Å². The summed E-state index contributed by atoms with van der Waals surface area (Å²) in [6, 6.07) is 13.5. The predicted octanol–water partition coefficient (Wildman–Crippen LogP) is 4.07. The Morgan fingerprint density at radius 2 is 1.68 bits per heavy atom. The molecule has 3 rings (SSSR count). The topological polar surface area (TPSA) is 69.7 Å². The van der Waals surface area contributed by atoms with E-state index in [0.29, 0.717) is 34.4 Å². The fourth-order valence-electron chi connectivity index (χ4n) is 2.81. The van der Waals surface area contributed by atoms with Crippen LogP contribution in [0.25, 0.3) is 10.6 Å². The average Bonchev–Trinajstić information content (AvgIpc) is 3.13. The van der Waals surface area contributed by atoms with Gasteiger partial charge in [0, 0.05) is 12.1 Å². The largest absolute Gasteiger partial charge is 0.493 e. The first kappa shape index (κ1) is 19.7. The molecule has 2 aromatic carbocycles. The summed E-state index contributed by atoms with van der Waals surface area (Å²) in [5.41, 5.74) is 2.55. The van der Waals surface area contributed by atoms with Gasteiger partial charge in [0.2, 0.25) is 5.75 Å². The number of benzene rings is 2. The van der Waals surface area contributed by atoms with Gasteiger partial charge in [0.05, 0.1) is 27.0 Å². The molecular weight excluding hydrogens is 376 g/mol. The molecule has 0 unspecified atom stereocenters. The fourth-order valence-corrected chi connectivity index (χ4v) is 3.80. The Labute approximate surface area is 168 Å². The van der Waals surface area contributed by atoms with E-state index in [2.05, 4.69) is 10.3 Å². The number of aromatic nitrogens is 1. The van der Waals surface area contributed by atoms with Crippen LogP contribution in [0.3, 0.4) is 0 Å². The molecule has 0 spiro atoms. The number of carbonyl (C=O) groups excluding carboxylic acids is 1. The van der Waals surface area contributed by atoms with E-state index >= 15 is 0 Å². The van der Waals surface area contributed by atoms with E-state index in [9.17, 15) is 4.79 Å². The minimum Gasteiger partial charge on any atom is -0.493 e. The molecule has 1 amide bonds. The smallest absolute Gasteiger partial charge is 0.263 e. The number of rotatable bonds is 7. The SMILES string of the molecule is COc1cc(CNC(=O)c2sc(-c3ccccc3)nc2C)cc(OC)c1OC. The molecule has 1 N–H and O–H groups in total. The van der Waals surface area contributed by atoms with Gasteiger partial charge in [-0.1, -0.05) is 30.3 Å². The van der Waals surface area contributed by atoms with Gasteiger partial charge in [-0.2, -0.15) is 0 Å². The second kappa shape index (κ2) is 8.75. The lowest BCUT2D eigenvalue weighted by molar-refractivity contribution is 0.0954. The minimum absolute atomic E-state index is 0.161. The number of methoxy groups -OCH3 is 3. The van der Waals surface area contributed by atoms with Crippen molar-refractivity contribution in [2.24, 2.45) is 0 Å². The summed E-state index contributed by atoms with van der Waals surface area (Å²) in [4.78, 5) is 17.8. The van der Waals surface area contributed by atoms with Crippen LogP contribution in [0.5, 0.6) is 17.2 Å². The predicted molar refractivity (Wildman–Crippen MR) is 110 cm³/mol. The first-order valence-electron chi connectivity index (χ1n) is 8.67. The summed E-state index contributed by atoms with van der Waals surface area (Å²) < 4.78 is 16.0. The van der Waals surface area contributed by atoms with Gasteiger partial charge in [-0.05, 0) is 24.6 Å². The molecule has 0 bridgehead atoms. The van der Waals surface area contributed by atoms with Crippen LogP contribution in [-0.4, -0.2) is 32.2 Å². The summed E-state index contributed by atoms with van der Waals surface area (Å²) in [6.45, 7) is 2.17. The number of aryl methyl sites for hydroxylation is 1. The molecule has 28 heavy (non-hydrogen) atoms. The molecule has 146 valence electrons. The van der Waals surface area contributed by atoms with Crippen LogP contribution in [-0.2, 0) is 6.54 Å². The Morgan fingerprint density at radius 3 is 2.25 bits per heavy atom. The molecule has 1 aromatic heterocycles. The van der Waals surface area contributed by atoms with Gasteiger partial charge in [0.25, 0.3) is 5.91 Å². The minimum atomic E-state index is -0.161. The molecule has 7 heteroatoms. The third-order valence-electron chi connectivity index (χ3n) is 4.20. The number of hydrogen-bond acceptors (Lipinski definition) is 6. The van der Waals surface area contributed by atoms with E-state index in [-0.39, 0.29) is 5.91 Å². The highest BCUT2D eigenvalue weighted by molar-refractivity contribution is 7.17. The van der Waals surface area contributed by atoms with Crippen molar-refractivity contribution in [3.05, 3.63) is 58.6 Å². The summed E-state index contributed by atoms with van der Waals surface area (Å²) in [5.74, 6) is 1.45. The molecule has 0 atom stereocenters. The first-order valence-corrected chi connectivity index (χ1v) is 9.49. The van der Waals surface area contributed by atoms with E-state index in [0.717, 1.165) is 16.1 Å². The van der Waals surface area contributed by atoms with Crippen LogP contribution in [0, 0.1) is 6.92 Å². The Kier molecular flexibility index (Phi) is 6.16. The average molecular weight is 398 g/mol. The molecule has 0 aliphatic carbocycles. The number of hydrogen-bond donors (Lipinski definition) is 1. The molecule has 1 heterocycles. The van der Waals surface area contributed by atoms with E-state index < -0.39 is 0 Å². The van der Waals surface area contributed by atoms with E-state index in [1.807, 2.05) is 49.4 Å². The third-order valence-corrected chi connectivity index (χ3v) is 5.41. The molecule has 0 saturated heterocycles. The summed E-state index contributed by atoms with van der Waals surface area (Å²) >= 11 is 1.38. The standard InChI is InChI=1S/C21H22N2O4S/c1-13-19(28-21(23-13)15-8-6-5-7-9-15)20(24)22-12-14-10-16(25-2)18(27-4)17(11-14)26-3/h5-11H,12H2,1-4H3,(H,22,24). The second-order valence-electron chi connectivity index (χ2n) is 6.02. The van der Waals surface area contributed by atoms with Crippen molar-refractivity contribution in [2.75, 3.05) is 21.3 Å². The monoisotopic (exact) mass is 398 g/mol. The normalized spacial score (nSPS) is 10.4. The molecule has 6 nitrogen and oxygen atoms in total. The van der Waals surface area contributed by atoms with Crippen molar-refractivity contribution in [3.63, 3.8) is 0 Å². The molecule has 0 fully saturated rings. The van der Waals surface area contributed by atoms with Gasteiger partial charge in [0.1, 0.15) is 9.88 Å². The van der Waals surface area contributed by atoms with E-state index in [1.165, 1.54) is 11.3 Å². The lowest BCUT2D eigenvalue weighted by Crippen LogP contribution is -2.22. The molecular formula is C21H22N2O4S. The van der Waals surface area contributed by atoms with Crippen molar-refractivity contribution in [1.29, 1.82) is 0 Å². The first-order chi connectivity index (χ1) is 13.6.